The van der Waals surface area contributed by atoms with Gasteiger partial charge in [0.25, 0.3) is 5.91 Å². The number of hydrogen-bond acceptors (Lipinski definition) is 5. The van der Waals surface area contributed by atoms with Gasteiger partial charge in [0.2, 0.25) is 0 Å². The van der Waals surface area contributed by atoms with E-state index in [0.717, 1.165) is 30.9 Å². The first-order valence-corrected chi connectivity index (χ1v) is 15.6. The van der Waals surface area contributed by atoms with Crippen LogP contribution < -0.4 is 10.6 Å². The maximum Gasteiger partial charge on any atom is 0.326 e. The molecule has 0 radical (unpaired) electrons. The first-order valence-electron chi connectivity index (χ1n) is 11.9. The van der Waals surface area contributed by atoms with Gasteiger partial charge < -0.3 is 9.74 Å². The molecule has 0 atom stereocenters. The largest absolute Gasteiger partial charge is 0.417 e. The minimum absolute atomic E-state index is 0.0343. The van der Waals surface area contributed by atoms with Crippen molar-refractivity contribution in [2.45, 2.75) is 77.9 Å². The van der Waals surface area contributed by atoms with E-state index in [9.17, 15) is 14.0 Å². The summed E-state index contributed by atoms with van der Waals surface area (Å²) < 4.78 is 19.9. The number of urea groups is 1. The van der Waals surface area contributed by atoms with Gasteiger partial charge in [0.05, 0.1) is 16.9 Å². The molecule has 0 aliphatic carbocycles. The molecule has 2 N–H and O–H groups in total. The number of amides is 3. The van der Waals surface area contributed by atoms with Crippen molar-refractivity contribution >= 4 is 49.1 Å². The highest BCUT2D eigenvalue weighted by atomic mass is 35.5. The number of rotatable bonds is 9. The zero-order chi connectivity index (χ0) is 27.3. The molecule has 0 aromatic carbocycles. The number of nitrogens with zero attached hydrogens (tertiary/aromatic N) is 2. The summed E-state index contributed by atoms with van der Waals surface area (Å²) >= 11 is 11.4. The van der Waals surface area contributed by atoms with E-state index in [-0.39, 0.29) is 21.7 Å². The van der Waals surface area contributed by atoms with Gasteiger partial charge in [-0.05, 0) is 61.0 Å². The SMILES string of the molecule is CC(C)c1ncc(CCCCO[Si](C)(C)C(C)(C)C)cc1NC(=O)NC(=O)c1cc(F)c(Cl)nc1Cl. The maximum absolute atomic E-state index is 13.7. The number of unbranched alkanes of at least 4 members (excludes halogenated alkanes) is 1. The second-order valence-electron chi connectivity index (χ2n) is 10.5. The second-order valence-corrected chi connectivity index (χ2v) is 16.0. The number of aromatic nitrogens is 2. The Morgan fingerprint density at radius 1 is 1.14 bits per heavy atom. The van der Waals surface area contributed by atoms with Gasteiger partial charge >= 0.3 is 6.03 Å². The topological polar surface area (TPSA) is 93.2 Å². The molecule has 0 aliphatic heterocycles. The van der Waals surface area contributed by atoms with E-state index >= 15 is 0 Å². The average Bonchev–Trinajstić information content (AvgIpc) is 2.74. The summed E-state index contributed by atoms with van der Waals surface area (Å²) in [7, 11) is -1.76. The molecule has 0 fully saturated rings. The third kappa shape index (κ3) is 8.23. The van der Waals surface area contributed by atoms with E-state index in [1.807, 2.05) is 19.9 Å². The van der Waals surface area contributed by atoms with Crippen LogP contribution in [-0.2, 0) is 10.8 Å². The fraction of sp³-hybridized carbons (Fsp3) is 0.520. The minimum Gasteiger partial charge on any atom is -0.417 e. The van der Waals surface area contributed by atoms with Gasteiger partial charge in [-0.15, -0.1) is 0 Å². The number of imide groups is 1. The van der Waals surface area contributed by atoms with Crippen LogP contribution in [-0.4, -0.2) is 36.8 Å². The third-order valence-corrected chi connectivity index (χ3v) is 11.3. The predicted molar refractivity (Wildman–Crippen MR) is 145 cm³/mol. The Balaban J connectivity index is 2.02. The Bertz CT molecular complexity index is 1110. The Morgan fingerprint density at radius 2 is 1.81 bits per heavy atom. The fourth-order valence-electron chi connectivity index (χ4n) is 3.12. The summed E-state index contributed by atoms with van der Waals surface area (Å²) in [5.74, 6) is -1.79. The number of carbonyl (C=O) groups excluding carboxylic acids is 2. The number of carbonyl (C=O) groups is 2. The van der Waals surface area contributed by atoms with Gasteiger partial charge in [-0.1, -0.05) is 57.8 Å². The highest BCUT2D eigenvalue weighted by molar-refractivity contribution is 6.74. The summed E-state index contributed by atoms with van der Waals surface area (Å²) in [6.07, 6.45) is 4.41. The fourth-order valence-corrected chi connectivity index (χ4v) is 4.61. The highest BCUT2D eigenvalue weighted by Crippen LogP contribution is 2.36. The average molecular weight is 558 g/mol. The van der Waals surface area contributed by atoms with Crippen LogP contribution in [0.5, 0.6) is 0 Å². The number of aryl methyl sites for hydroxylation is 1. The molecule has 0 saturated carbocycles. The standard InChI is InChI=1S/C25H35Cl2FN4O3Si/c1-15(2)20-19(30-24(34)32-23(33)17-13-18(28)22(27)31-21(17)26)12-16(14-29-20)10-8-9-11-35-36(6,7)25(3,4)5/h12-15H,8-11H2,1-7H3,(H2,30,32,33,34). The number of hydrogen-bond donors (Lipinski definition) is 2. The second kappa shape index (κ2) is 12.4. The molecule has 198 valence electrons. The lowest BCUT2D eigenvalue weighted by molar-refractivity contribution is 0.0966. The molecule has 0 aliphatic rings. The van der Waals surface area contributed by atoms with Crippen LogP contribution in [0.4, 0.5) is 14.9 Å². The van der Waals surface area contributed by atoms with E-state index in [4.69, 9.17) is 27.6 Å². The highest BCUT2D eigenvalue weighted by Gasteiger charge is 2.36. The van der Waals surface area contributed by atoms with Crippen LogP contribution in [0, 0.1) is 5.82 Å². The van der Waals surface area contributed by atoms with Crippen molar-refractivity contribution in [3.05, 3.63) is 51.3 Å². The lowest BCUT2D eigenvalue weighted by Crippen LogP contribution is -2.40. The first kappa shape index (κ1) is 30.2. The van der Waals surface area contributed by atoms with Crippen molar-refractivity contribution in [2.75, 3.05) is 11.9 Å². The number of pyridine rings is 2. The molecule has 0 unspecified atom stereocenters. The molecule has 0 saturated heterocycles. The Labute approximate surface area is 223 Å². The van der Waals surface area contributed by atoms with Gasteiger partial charge in [-0.25, -0.2) is 14.2 Å². The zero-order valence-corrected chi connectivity index (χ0v) is 24.4. The summed E-state index contributed by atoms with van der Waals surface area (Å²) in [5.41, 5.74) is 1.83. The van der Waals surface area contributed by atoms with Gasteiger partial charge in [0, 0.05) is 12.8 Å². The van der Waals surface area contributed by atoms with Crippen molar-refractivity contribution in [3.63, 3.8) is 0 Å². The van der Waals surface area contributed by atoms with Crippen LogP contribution in [0.1, 0.15) is 75.0 Å². The van der Waals surface area contributed by atoms with Crippen LogP contribution in [0.3, 0.4) is 0 Å². The maximum atomic E-state index is 13.7. The third-order valence-electron chi connectivity index (χ3n) is 6.26. The molecule has 36 heavy (non-hydrogen) atoms. The molecule has 11 heteroatoms. The summed E-state index contributed by atoms with van der Waals surface area (Å²) in [4.78, 5) is 33.0. The van der Waals surface area contributed by atoms with Crippen LogP contribution in [0.2, 0.25) is 28.4 Å². The smallest absolute Gasteiger partial charge is 0.326 e. The van der Waals surface area contributed by atoms with E-state index < -0.39 is 31.2 Å². The normalized spacial score (nSPS) is 12.1. The zero-order valence-electron chi connectivity index (χ0n) is 21.9. The Morgan fingerprint density at radius 3 is 2.42 bits per heavy atom. The van der Waals surface area contributed by atoms with E-state index in [1.54, 1.807) is 6.20 Å². The lowest BCUT2D eigenvalue weighted by Gasteiger charge is -2.36. The van der Waals surface area contributed by atoms with E-state index in [2.05, 4.69) is 54.5 Å². The summed E-state index contributed by atoms with van der Waals surface area (Å²) in [6.45, 7) is 15.8. The van der Waals surface area contributed by atoms with Gasteiger partial charge in [-0.3, -0.25) is 15.1 Å². The first-order chi connectivity index (χ1) is 16.6. The molecule has 0 bridgehead atoms. The van der Waals surface area contributed by atoms with Gasteiger partial charge in [0.15, 0.2) is 19.3 Å². The monoisotopic (exact) mass is 556 g/mol. The molecule has 2 aromatic heterocycles. The van der Waals surface area contributed by atoms with Crippen molar-refractivity contribution in [1.29, 1.82) is 0 Å². The van der Waals surface area contributed by atoms with Gasteiger partial charge in [-0.2, -0.15) is 0 Å². The minimum atomic E-state index is -1.76. The quantitative estimate of drug-likeness (QED) is 0.191. The Hall–Kier alpha value is -2.07. The molecule has 3 amide bonds. The van der Waals surface area contributed by atoms with E-state index in [1.165, 1.54) is 0 Å². The van der Waals surface area contributed by atoms with Crippen molar-refractivity contribution in [1.82, 2.24) is 15.3 Å². The number of anilines is 1. The molecular weight excluding hydrogens is 522 g/mol. The molecule has 7 nitrogen and oxygen atoms in total. The summed E-state index contributed by atoms with van der Waals surface area (Å²) in [5, 5.41) is 4.23. The van der Waals surface area contributed by atoms with Crippen molar-refractivity contribution in [2.24, 2.45) is 0 Å². The lowest BCUT2D eigenvalue weighted by atomic mass is 10.0. The molecule has 2 aromatic rings. The van der Waals surface area contributed by atoms with Crippen LogP contribution >= 0.6 is 23.2 Å². The Kier molecular flexibility index (Phi) is 10.4. The predicted octanol–water partition coefficient (Wildman–Crippen LogP) is 7.35. The number of nitrogens with one attached hydrogen (secondary N) is 2. The van der Waals surface area contributed by atoms with E-state index in [0.29, 0.717) is 18.0 Å². The molecule has 0 spiro atoms. The van der Waals surface area contributed by atoms with Crippen molar-refractivity contribution < 1.29 is 18.4 Å². The molecule has 2 heterocycles. The molecular formula is C25H35Cl2FN4O3Si. The number of halogens is 3. The molecule has 2 rings (SSSR count). The van der Waals surface area contributed by atoms with Crippen LogP contribution in [0.15, 0.2) is 18.3 Å². The van der Waals surface area contributed by atoms with Gasteiger partial charge in [0.1, 0.15) is 5.15 Å². The van der Waals surface area contributed by atoms with Crippen LogP contribution in [0.25, 0.3) is 0 Å². The summed E-state index contributed by atoms with van der Waals surface area (Å²) in [6, 6.07) is 1.89. The van der Waals surface area contributed by atoms with Crippen molar-refractivity contribution in [3.8, 4) is 0 Å².